The van der Waals surface area contributed by atoms with E-state index in [9.17, 15) is 0 Å². The molecule has 1 N–H and O–H groups in total. The summed E-state index contributed by atoms with van der Waals surface area (Å²) < 4.78 is 16.3. The quantitative estimate of drug-likeness (QED) is 0.754. The van der Waals surface area contributed by atoms with Gasteiger partial charge in [0.1, 0.15) is 18.1 Å². The summed E-state index contributed by atoms with van der Waals surface area (Å²) in [5.41, 5.74) is 1.21. The van der Waals surface area contributed by atoms with E-state index in [1.165, 1.54) is 5.56 Å². The third-order valence-corrected chi connectivity index (χ3v) is 3.13. The average Bonchev–Trinajstić information content (AvgIpc) is 2.80. The Bertz CT molecular complexity index is 381. The van der Waals surface area contributed by atoms with Crippen LogP contribution in [0, 0.1) is 0 Å². The Balaban J connectivity index is 1.84. The van der Waals surface area contributed by atoms with E-state index in [2.05, 4.69) is 11.4 Å². The molecule has 0 radical (unpaired) electrons. The average molecular weight is 251 g/mol. The Morgan fingerprint density at radius 3 is 2.94 bits per heavy atom. The van der Waals surface area contributed by atoms with E-state index in [0.717, 1.165) is 37.6 Å². The molecule has 0 fully saturated rings. The number of methoxy groups -OCH3 is 1. The van der Waals surface area contributed by atoms with Gasteiger partial charge in [-0.15, -0.1) is 0 Å². The molecule has 18 heavy (non-hydrogen) atoms. The second-order valence-corrected chi connectivity index (χ2v) is 4.40. The van der Waals surface area contributed by atoms with E-state index in [0.29, 0.717) is 12.6 Å². The number of nitrogens with one attached hydrogen (secondary N) is 1. The van der Waals surface area contributed by atoms with Gasteiger partial charge in [0.05, 0.1) is 12.6 Å². The van der Waals surface area contributed by atoms with E-state index in [-0.39, 0.29) is 0 Å². The van der Waals surface area contributed by atoms with Crippen LogP contribution in [0.1, 0.15) is 24.4 Å². The molecule has 4 nitrogen and oxygen atoms in total. The normalized spacial score (nSPS) is 17.3. The van der Waals surface area contributed by atoms with Crippen LogP contribution in [0.4, 0.5) is 0 Å². The lowest BCUT2D eigenvalue weighted by atomic mass is 10.1. The lowest BCUT2D eigenvalue weighted by Crippen LogP contribution is -2.17. The van der Waals surface area contributed by atoms with Gasteiger partial charge < -0.3 is 19.5 Å². The Labute approximate surface area is 108 Å². The van der Waals surface area contributed by atoms with Crippen LogP contribution < -0.4 is 14.8 Å². The van der Waals surface area contributed by atoms with Crippen LogP contribution >= 0.6 is 0 Å². The summed E-state index contributed by atoms with van der Waals surface area (Å²) in [6, 6.07) is 6.36. The number of fused-ring (bicyclic) bond motifs is 1. The first-order valence-corrected chi connectivity index (χ1v) is 6.41. The molecule has 0 bridgehead atoms. The number of hydrogen-bond acceptors (Lipinski definition) is 4. The third-order valence-electron chi connectivity index (χ3n) is 3.13. The van der Waals surface area contributed by atoms with E-state index in [1.54, 1.807) is 7.11 Å². The first-order chi connectivity index (χ1) is 8.85. The van der Waals surface area contributed by atoms with Crippen LogP contribution in [0.15, 0.2) is 18.2 Å². The number of hydrogen-bond donors (Lipinski definition) is 1. The third kappa shape index (κ3) is 3.15. The van der Waals surface area contributed by atoms with Crippen LogP contribution in [-0.2, 0) is 4.74 Å². The molecule has 100 valence electrons. The van der Waals surface area contributed by atoms with Crippen molar-refractivity contribution in [3.8, 4) is 11.5 Å². The fourth-order valence-corrected chi connectivity index (χ4v) is 2.06. The van der Waals surface area contributed by atoms with E-state index in [4.69, 9.17) is 14.2 Å². The number of benzene rings is 1. The summed E-state index contributed by atoms with van der Waals surface area (Å²) in [7, 11) is 3.67. The number of rotatable bonds is 7. The van der Waals surface area contributed by atoms with E-state index < -0.39 is 0 Å². The van der Waals surface area contributed by atoms with Gasteiger partial charge in [0, 0.05) is 25.3 Å². The standard InChI is InChI=1S/C14H21NO3/c1-15-13-10-18-14-9-11(5-6-12(13)14)17-8-4-3-7-16-2/h5-6,9,13,15H,3-4,7-8,10H2,1-2H3. The predicted octanol–water partition coefficient (Wildman–Crippen LogP) is 2.14. The van der Waals surface area contributed by atoms with Gasteiger partial charge in [0.15, 0.2) is 0 Å². The monoisotopic (exact) mass is 251 g/mol. The molecule has 1 aliphatic rings. The van der Waals surface area contributed by atoms with Crippen molar-refractivity contribution >= 4 is 0 Å². The lowest BCUT2D eigenvalue weighted by Gasteiger charge is -2.09. The Kier molecular flexibility index (Phi) is 4.84. The minimum absolute atomic E-state index is 0.302. The highest BCUT2D eigenvalue weighted by atomic mass is 16.5. The van der Waals surface area contributed by atoms with Crippen LogP contribution in [0.3, 0.4) is 0 Å². The molecule has 0 aromatic heterocycles. The number of likely N-dealkylation sites (N-methyl/N-ethyl adjacent to an activating group) is 1. The molecule has 4 heteroatoms. The van der Waals surface area contributed by atoms with Crippen molar-refractivity contribution in [2.24, 2.45) is 0 Å². The minimum Gasteiger partial charge on any atom is -0.493 e. The first-order valence-electron chi connectivity index (χ1n) is 6.41. The molecule has 0 spiro atoms. The van der Waals surface area contributed by atoms with Gasteiger partial charge >= 0.3 is 0 Å². The summed E-state index contributed by atoms with van der Waals surface area (Å²) in [6.07, 6.45) is 2.03. The van der Waals surface area contributed by atoms with Crippen LogP contribution in [0.5, 0.6) is 11.5 Å². The topological polar surface area (TPSA) is 39.7 Å². The molecule has 2 rings (SSSR count). The molecular weight excluding hydrogens is 230 g/mol. The SMILES string of the molecule is CNC1COc2cc(OCCCCOC)ccc21. The van der Waals surface area contributed by atoms with Crippen LogP contribution in [0.25, 0.3) is 0 Å². The molecule has 0 aliphatic carbocycles. The maximum atomic E-state index is 5.69. The highest BCUT2D eigenvalue weighted by molar-refractivity contribution is 5.44. The smallest absolute Gasteiger partial charge is 0.127 e. The Hall–Kier alpha value is -1.26. The van der Waals surface area contributed by atoms with Gasteiger partial charge in [-0.3, -0.25) is 0 Å². The van der Waals surface area contributed by atoms with Crippen molar-refractivity contribution in [3.05, 3.63) is 23.8 Å². The van der Waals surface area contributed by atoms with Gasteiger partial charge in [-0.25, -0.2) is 0 Å². The van der Waals surface area contributed by atoms with Crippen molar-refractivity contribution in [2.75, 3.05) is 34.0 Å². The molecule has 1 unspecified atom stereocenters. The van der Waals surface area contributed by atoms with E-state index in [1.807, 2.05) is 19.2 Å². The lowest BCUT2D eigenvalue weighted by molar-refractivity contribution is 0.184. The zero-order valence-electron chi connectivity index (χ0n) is 11.1. The van der Waals surface area contributed by atoms with Crippen molar-refractivity contribution in [1.29, 1.82) is 0 Å². The summed E-state index contributed by atoms with van der Waals surface area (Å²) in [6.45, 7) is 2.21. The number of unbranched alkanes of at least 4 members (excludes halogenated alkanes) is 1. The largest absolute Gasteiger partial charge is 0.493 e. The Morgan fingerprint density at radius 1 is 1.33 bits per heavy atom. The molecule has 1 aromatic carbocycles. The van der Waals surface area contributed by atoms with Crippen LogP contribution in [0.2, 0.25) is 0 Å². The van der Waals surface area contributed by atoms with Gasteiger partial charge in [-0.1, -0.05) is 0 Å². The second-order valence-electron chi connectivity index (χ2n) is 4.40. The van der Waals surface area contributed by atoms with Crippen molar-refractivity contribution in [3.63, 3.8) is 0 Å². The van der Waals surface area contributed by atoms with E-state index >= 15 is 0 Å². The van der Waals surface area contributed by atoms with Crippen LogP contribution in [-0.4, -0.2) is 34.0 Å². The maximum absolute atomic E-state index is 5.69. The van der Waals surface area contributed by atoms with Gasteiger partial charge in [0.2, 0.25) is 0 Å². The zero-order chi connectivity index (χ0) is 12.8. The molecule has 1 aliphatic heterocycles. The predicted molar refractivity (Wildman–Crippen MR) is 70.3 cm³/mol. The van der Waals surface area contributed by atoms with Crippen molar-refractivity contribution < 1.29 is 14.2 Å². The van der Waals surface area contributed by atoms with Crippen molar-refractivity contribution in [2.45, 2.75) is 18.9 Å². The summed E-state index contributed by atoms with van der Waals surface area (Å²) in [4.78, 5) is 0. The second kappa shape index (κ2) is 6.61. The van der Waals surface area contributed by atoms with Gasteiger partial charge in [0.25, 0.3) is 0 Å². The fraction of sp³-hybridized carbons (Fsp3) is 0.571. The molecular formula is C14H21NO3. The summed E-state index contributed by atoms with van der Waals surface area (Å²) >= 11 is 0. The fourth-order valence-electron chi connectivity index (χ4n) is 2.06. The molecule has 1 aromatic rings. The number of ether oxygens (including phenoxy) is 3. The molecule has 0 amide bonds. The molecule has 0 saturated carbocycles. The Morgan fingerprint density at radius 2 is 2.17 bits per heavy atom. The molecule has 1 heterocycles. The van der Waals surface area contributed by atoms with Gasteiger partial charge in [-0.05, 0) is 32.0 Å². The molecule has 1 atom stereocenters. The van der Waals surface area contributed by atoms with Crippen molar-refractivity contribution in [1.82, 2.24) is 5.32 Å². The van der Waals surface area contributed by atoms with Gasteiger partial charge in [-0.2, -0.15) is 0 Å². The highest BCUT2D eigenvalue weighted by Gasteiger charge is 2.22. The summed E-state index contributed by atoms with van der Waals surface area (Å²) in [5.74, 6) is 1.81. The highest BCUT2D eigenvalue weighted by Crippen LogP contribution is 2.34. The maximum Gasteiger partial charge on any atom is 0.127 e. The first kappa shape index (κ1) is 13.2. The minimum atomic E-state index is 0.302. The molecule has 0 saturated heterocycles. The zero-order valence-corrected chi connectivity index (χ0v) is 11.1. The summed E-state index contributed by atoms with van der Waals surface area (Å²) in [5, 5.41) is 3.23.